The van der Waals surface area contributed by atoms with E-state index in [-0.39, 0.29) is 18.3 Å². The van der Waals surface area contributed by atoms with E-state index in [1.54, 1.807) is 36.2 Å². The van der Waals surface area contributed by atoms with E-state index in [1.807, 2.05) is 6.07 Å². The van der Waals surface area contributed by atoms with Crippen molar-refractivity contribution < 1.29 is 13.9 Å². The highest BCUT2D eigenvalue weighted by atomic mass is 35.5. The maximum absolute atomic E-state index is 13.2. The summed E-state index contributed by atoms with van der Waals surface area (Å²) in [7, 11) is 3.31. The molecule has 1 amide bonds. The fourth-order valence-corrected chi connectivity index (χ4v) is 2.39. The van der Waals surface area contributed by atoms with Gasteiger partial charge in [-0.25, -0.2) is 4.39 Å². The molecule has 0 heterocycles. The minimum atomic E-state index is -0.288. The van der Waals surface area contributed by atoms with Crippen LogP contribution in [0.2, 0.25) is 5.02 Å². The lowest BCUT2D eigenvalue weighted by atomic mass is 10.2. The number of ether oxygens (including phenoxy) is 1. The lowest BCUT2D eigenvalue weighted by molar-refractivity contribution is -0.117. The number of nitrogens with zero attached hydrogens (tertiary/aromatic N) is 1. The highest BCUT2D eigenvalue weighted by molar-refractivity contribution is 6.31. The number of nitrogens with one attached hydrogen (secondary N) is 1. The van der Waals surface area contributed by atoms with Crippen molar-refractivity contribution in [3.8, 4) is 5.75 Å². The summed E-state index contributed by atoms with van der Waals surface area (Å²) in [5.74, 6) is 0.0454. The topological polar surface area (TPSA) is 41.6 Å². The van der Waals surface area contributed by atoms with Crippen LogP contribution in [0.5, 0.6) is 5.75 Å². The van der Waals surface area contributed by atoms with Crippen LogP contribution in [-0.4, -0.2) is 31.5 Å². The smallest absolute Gasteiger partial charge is 0.238 e. The number of hydrogen-bond acceptors (Lipinski definition) is 3. The Morgan fingerprint density at radius 3 is 2.78 bits per heavy atom. The Hall–Kier alpha value is -2.11. The van der Waals surface area contributed by atoms with Crippen molar-refractivity contribution in [1.82, 2.24) is 4.90 Å². The van der Waals surface area contributed by atoms with Gasteiger partial charge in [-0.05, 0) is 42.9 Å². The summed E-state index contributed by atoms with van der Waals surface area (Å²) in [6, 6.07) is 11.3. The van der Waals surface area contributed by atoms with Gasteiger partial charge in [0.25, 0.3) is 0 Å². The molecule has 0 spiro atoms. The third kappa shape index (κ3) is 5.23. The van der Waals surface area contributed by atoms with Gasteiger partial charge in [0, 0.05) is 11.6 Å². The van der Waals surface area contributed by atoms with Crippen LogP contribution in [0.3, 0.4) is 0 Å². The molecule has 0 saturated heterocycles. The van der Waals surface area contributed by atoms with Crippen LogP contribution in [0.25, 0.3) is 0 Å². The van der Waals surface area contributed by atoms with Crippen molar-refractivity contribution in [3.05, 3.63) is 58.9 Å². The van der Waals surface area contributed by atoms with E-state index in [0.29, 0.717) is 23.0 Å². The lowest BCUT2D eigenvalue weighted by Crippen LogP contribution is -2.30. The summed E-state index contributed by atoms with van der Waals surface area (Å²) in [6.45, 7) is 0.629. The zero-order valence-corrected chi connectivity index (χ0v) is 13.7. The number of rotatable bonds is 6. The molecule has 0 atom stereocenters. The van der Waals surface area contributed by atoms with Gasteiger partial charge in [-0.15, -0.1) is 0 Å². The first-order valence-electron chi connectivity index (χ1n) is 7.04. The zero-order chi connectivity index (χ0) is 16.8. The molecule has 0 bridgehead atoms. The van der Waals surface area contributed by atoms with E-state index in [2.05, 4.69) is 5.32 Å². The van der Waals surface area contributed by atoms with Crippen LogP contribution in [0.4, 0.5) is 10.1 Å². The average molecular weight is 337 g/mol. The summed E-state index contributed by atoms with van der Waals surface area (Å²) in [4.78, 5) is 13.9. The van der Waals surface area contributed by atoms with Gasteiger partial charge < -0.3 is 10.1 Å². The number of methoxy groups -OCH3 is 1. The molecule has 4 nitrogen and oxygen atoms in total. The van der Waals surface area contributed by atoms with Gasteiger partial charge >= 0.3 is 0 Å². The van der Waals surface area contributed by atoms with Crippen LogP contribution < -0.4 is 10.1 Å². The number of likely N-dealkylation sites (N-methyl/N-ethyl adjacent to an activating group) is 1. The molecule has 1 N–H and O–H groups in total. The second-order valence-electron chi connectivity index (χ2n) is 5.19. The molecule has 0 aliphatic carbocycles. The first-order chi connectivity index (χ1) is 11.0. The molecule has 2 aromatic carbocycles. The van der Waals surface area contributed by atoms with E-state index in [4.69, 9.17) is 16.3 Å². The highest BCUT2D eigenvalue weighted by Crippen LogP contribution is 2.27. The third-order valence-corrected chi connectivity index (χ3v) is 3.43. The second-order valence-corrected chi connectivity index (χ2v) is 5.63. The fraction of sp³-hybridized carbons (Fsp3) is 0.235. The number of carbonyl (C=O) groups is 1. The minimum absolute atomic E-state index is 0.159. The minimum Gasteiger partial charge on any atom is -0.495 e. The number of amides is 1. The number of anilines is 1. The van der Waals surface area contributed by atoms with E-state index in [0.717, 1.165) is 5.56 Å². The third-order valence-electron chi connectivity index (χ3n) is 3.19. The monoisotopic (exact) mass is 336 g/mol. The summed E-state index contributed by atoms with van der Waals surface area (Å²) in [5, 5.41) is 3.27. The van der Waals surface area contributed by atoms with Crippen LogP contribution in [-0.2, 0) is 11.3 Å². The quantitative estimate of drug-likeness (QED) is 0.877. The predicted molar refractivity (Wildman–Crippen MR) is 89.4 cm³/mol. The molecule has 2 rings (SSSR count). The Morgan fingerprint density at radius 2 is 2.09 bits per heavy atom. The van der Waals surface area contributed by atoms with E-state index >= 15 is 0 Å². The molecule has 2 aromatic rings. The van der Waals surface area contributed by atoms with Crippen molar-refractivity contribution in [1.29, 1.82) is 0 Å². The summed E-state index contributed by atoms with van der Waals surface area (Å²) >= 11 is 5.93. The summed E-state index contributed by atoms with van der Waals surface area (Å²) < 4.78 is 18.4. The van der Waals surface area contributed by atoms with Crippen molar-refractivity contribution in [3.63, 3.8) is 0 Å². The molecule has 23 heavy (non-hydrogen) atoms. The van der Waals surface area contributed by atoms with Crippen LogP contribution in [0.15, 0.2) is 42.5 Å². The van der Waals surface area contributed by atoms with Crippen LogP contribution >= 0.6 is 11.6 Å². The molecule has 0 unspecified atom stereocenters. The van der Waals surface area contributed by atoms with Gasteiger partial charge in [0.15, 0.2) is 0 Å². The largest absolute Gasteiger partial charge is 0.495 e. The molecule has 0 radical (unpaired) electrons. The normalized spacial score (nSPS) is 10.7. The Kier molecular flexibility index (Phi) is 5.96. The number of halogens is 2. The zero-order valence-electron chi connectivity index (χ0n) is 13.0. The van der Waals surface area contributed by atoms with Gasteiger partial charge in [0.05, 0.1) is 19.3 Å². The molecular weight excluding hydrogens is 319 g/mol. The van der Waals surface area contributed by atoms with Crippen molar-refractivity contribution in [2.45, 2.75) is 6.54 Å². The van der Waals surface area contributed by atoms with E-state index in [1.165, 1.54) is 19.2 Å². The Morgan fingerprint density at radius 1 is 1.30 bits per heavy atom. The molecule has 0 saturated carbocycles. The van der Waals surface area contributed by atoms with Gasteiger partial charge in [-0.3, -0.25) is 9.69 Å². The highest BCUT2D eigenvalue weighted by Gasteiger charge is 2.11. The maximum Gasteiger partial charge on any atom is 0.238 e. The number of carbonyl (C=O) groups excluding carboxylic acids is 1. The molecule has 122 valence electrons. The molecule has 0 aliphatic heterocycles. The maximum atomic E-state index is 13.2. The SMILES string of the molecule is COc1ccc(Cl)cc1NC(=O)CN(C)Cc1cccc(F)c1. The predicted octanol–water partition coefficient (Wildman–Crippen LogP) is 3.56. The Bertz CT molecular complexity index is 694. The van der Waals surface area contributed by atoms with Crippen molar-refractivity contribution in [2.75, 3.05) is 26.0 Å². The van der Waals surface area contributed by atoms with Gasteiger partial charge in [-0.1, -0.05) is 23.7 Å². The fourth-order valence-electron chi connectivity index (χ4n) is 2.22. The standard InChI is InChI=1S/C17H18ClFN2O2/c1-21(10-12-4-3-5-14(19)8-12)11-17(22)20-15-9-13(18)6-7-16(15)23-2/h3-9H,10-11H2,1-2H3,(H,20,22). The van der Waals surface area contributed by atoms with Crippen molar-refractivity contribution >= 4 is 23.2 Å². The first-order valence-corrected chi connectivity index (χ1v) is 7.42. The second kappa shape index (κ2) is 7.94. The van der Waals surface area contributed by atoms with Crippen molar-refractivity contribution in [2.24, 2.45) is 0 Å². The molecule has 0 fully saturated rings. The summed E-state index contributed by atoms with van der Waals surface area (Å²) in [6.07, 6.45) is 0. The Balaban J connectivity index is 1.95. The molecular formula is C17H18ClFN2O2. The summed E-state index contributed by atoms with van der Waals surface area (Å²) in [5.41, 5.74) is 1.32. The van der Waals surface area contributed by atoms with Gasteiger partial charge in [-0.2, -0.15) is 0 Å². The van der Waals surface area contributed by atoms with Gasteiger partial charge in [0.1, 0.15) is 11.6 Å². The Labute approximate surface area is 139 Å². The van der Waals surface area contributed by atoms with Gasteiger partial charge in [0.2, 0.25) is 5.91 Å². The molecule has 0 aromatic heterocycles. The molecule has 0 aliphatic rings. The lowest BCUT2D eigenvalue weighted by Gasteiger charge is -2.17. The average Bonchev–Trinajstić information content (AvgIpc) is 2.47. The van der Waals surface area contributed by atoms with Crippen LogP contribution in [0, 0.1) is 5.82 Å². The molecule has 6 heteroatoms. The number of hydrogen-bond donors (Lipinski definition) is 1. The van der Waals surface area contributed by atoms with Crippen LogP contribution in [0.1, 0.15) is 5.56 Å². The first kappa shape index (κ1) is 17.2. The van der Waals surface area contributed by atoms with E-state index in [9.17, 15) is 9.18 Å². The number of benzene rings is 2. The van der Waals surface area contributed by atoms with E-state index < -0.39 is 0 Å².